The van der Waals surface area contributed by atoms with Crippen molar-refractivity contribution in [2.45, 2.75) is 73.1 Å². The fourth-order valence-corrected chi connectivity index (χ4v) is 3.37. The van der Waals surface area contributed by atoms with E-state index in [4.69, 9.17) is 0 Å². The number of rotatable bonds is 5. The Balaban J connectivity index is 2.65. The SMILES string of the molecule is CCc1cc(-c2cc(C)c(C(C)C)cc2CC)cc(C(C)C)c1. The summed E-state index contributed by atoms with van der Waals surface area (Å²) in [5.41, 5.74) is 10.1. The molecule has 0 radical (unpaired) electrons. The minimum atomic E-state index is 0.571. The highest BCUT2D eigenvalue weighted by Gasteiger charge is 2.12. The zero-order valence-corrected chi connectivity index (χ0v) is 16.0. The molecule has 0 spiro atoms. The van der Waals surface area contributed by atoms with Gasteiger partial charge in [0.15, 0.2) is 0 Å². The van der Waals surface area contributed by atoms with Crippen molar-refractivity contribution in [2.24, 2.45) is 0 Å². The molecular formula is C23H32. The van der Waals surface area contributed by atoms with E-state index in [1.54, 1.807) is 0 Å². The van der Waals surface area contributed by atoms with Crippen LogP contribution in [-0.2, 0) is 12.8 Å². The molecule has 0 heterocycles. The maximum atomic E-state index is 2.43. The number of aryl methyl sites for hydroxylation is 3. The van der Waals surface area contributed by atoms with Gasteiger partial charge >= 0.3 is 0 Å². The molecule has 0 saturated heterocycles. The first-order valence-corrected chi connectivity index (χ1v) is 9.14. The molecule has 0 bridgehead atoms. The minimum absolute atomic E-state index is 0.571. The Morgan fingerprint density at radius 1 is 0.783 bits per heavy atom. The van der Waals surface area contributed by atoms with Crippen molar-refractivity contribution in [1.82, 2.24) is 0 Å². The molecule has 2 aromatic rings. The molecule has 0 heteroatoms. The highest BCUT2D eigenvalue weighted by Crippen LogP contribution is 2.33. The molecule has 0 aliphatic carbocycles. The Kier molecular flexibility index (Phi) is 5.68. The van der Waals surface area contributed by atoms with Gasteiger partial charge in [0.2, 0.25) is 0 Å². The molecule has 0 unspecified atom stereocenters. The van der Waals surface area contributed by atoms with Crippen LogP contribution in [0, 0.1) is 6.92 Å². The average Bonchev–Trinajstić information content (AvgIpc) is 2.53. The molecule has 0 aliphatic heterocycles. The molecule has 2 aromatic carbocycles. The molecule has 124 valence electrons. The van der Waals surface area contributed by atoms with Gasteiger partial charge in [-0.15, -0.1) is 0 Å². The van der Waals surface area contributed by atoms with Crippen LogP contribution in [-0.4, -0.2) is 0 Å². The van der Waals surface area contributed by atoms with Gasteiger partial charge in [-0.1, -0.05) is 71.9 Å². The fraction of sp³-hybridized carbons (Fsp3) is 0.478. The second-order valence-corrected chi connectivity index (χ2v) is 7.35. The van der Waals surface area contributed by atoms with E-state index in [1.807, 2.05) is 0 Å². The predicted molar refractivity (Wildman–Crippen MR) is 104 cm³/mol. The van der Waals surface area contributed by atoms with Gasteiger partial charge in [0.25, 0.3) is 0 Å². The summed E-state index contributed by atoms with van der Waals surface area (Å²) in [6.45, 7) is 15.9. The summed E-state index contributed by atoms with van der Waals surface area (Å²) in [4.78, 5) is 0. The summed E-state index contributed by atoms with van der Waals surface area (Å²) in [5, 5.41) is 0. The summed E-state index contributed by atoms with van der Waals surface area (Å²) >= 11 is 0. The summed E-state index contributed by atoms with van der Waals surface area (Å²) in [5.74, 6) is 1.16. The van der Waals surface area contributed by atoms with E-state index in [0.29, 0.717) is 11.8 Å². The maximum Gasteiger partial charge on any atom is -0.0149 e. The molecule has 2 rings (SSSR count). The zero-order valence-electron chi connectivity index (χ0n) is 16.0. The Morgan fingerprint density at radius 2 is 1.48 bits per heavy atom. The van der Waals surface area contributed by atoms with Gasteiger partial charge in [-0.3, -0.25) is 0 Å². The smallest absolute Gasteiger partial charge is 0.0149 e. The molecule has 0 saturated carbocycles. The monoisotopic (exact) mass is 308 g/mol. The van der Waals surface area contributed by atoms with E-state index in [0.717, 1.165) is 12.8 Å². The third-order valence-electron chi connectivity index (χ3n) is 4.90. The van der Waals surface area contributed by atoms with Crippen LogP contribution in [0.3, 0.4) is 0 Å². The summed E-state index contributed by atoms with van der Waals surface area (Å²) in [6, 6.07) is 12.0. The first kappa shape index (κ1) is 17.8. The van der Waals surface area contributed by atoms with E-state index in [1.165, 1.54) is 38.9 Å². The molecule has 0 atom stereocenters. The van der Waals surface area contributed by atoms with Crippen molar-refractivity contribution in [3.05, 3.63) is 58.1 Å². The van der Waals surface area contributed by atoms with Crippen LogP contribution in [0.1, 0.15) is 81.2 Å². The Bertz CT molecular complexity index is 675. The minimum Gasteiger partial charge on any atom is -0.0613 e. The normalized spacial score (nSPS) is 11.5. The molecule has 23 heavy (non-hydrogen) atoms. The molecule has 0 fully saturated rings. The molecule has 0 aromatic heterocycles. The lowest BCUT2D eigenvalue weighted by Crippen LogP contribution is -1.99. The van der Waals surface area contributed by atoms with Gasteiger partial charge in [0.1, 0.15) is 0 Å². The van der Waals surface area contributed by atoms with Gasteiger partial charge in [-0.05, 0) is 70.5 Å². The van der Waals surface area contributed by atoms with Gasteiger partial charge in [0, 0.05) is 0 Å². The molecule has 0 aliphatic rings. The molecule has 0 nitrogen and oxygen atoms in total. The van der Waals surface area contributed by atoms with Crippen LogP contribution in [0.5, 0.6) is 0 Å². The first-order chi connectivity index (χ1) is 10.9. The van der Waals surface area contributed by atoms with Crippen LogP contribution in [0.2, 0.25) is 0 Å². The lowest BCUT2D eigenvalue weighted by atomic mass is 9.87. The Labute approximate surface area is 143 Å². The Hall–Kier alpha value is -1.56. The first-order valence-electron chi connectivity index (χ1n) is 9.14. The lowest BCUT2D eigenvalue weighted by molar-refractivity contribution is 0.852. The fourth-order valence-electron chi connectivity index (χ4n) is 3.37. The van der Waals surface area contributed by atoms with Crippen molar-refractivity contribution >= 4 is 0 Å². The maximum absolute atomic E-state index is 2.43. The highest BCUT2D eigenvalue weighted by molar-refractivity contribution is 5.71. The van der Waals surface area contributed by atoms with Crippen LogP contribution in [0.4, 0.5) is 0 Å². The highest BCUT2D eigenvalue weighted by atomic mass is 14.2. The van der Waals surface area contributed by atoms with E-state index in [9.17, 15) is 0 Å². The standard InChI is InChI=1S/C23H32/c1-8-18-11-20(15(3)4)13-21(12-18)23-10-17(7)22(16(5)6)14-19(23)9-2/h10-16H,8-9H2,1-7H3. The molecule has 0 amide bonds. The lowest BCUT2D eigenvalue weighted by Gasteiger charge is -2.18. The van der Waals surface area contributed by atoms with Gasteiger partial charge in [-0.25, -0.2) is 0 Å². The largest absolute Gasteiger partial charge is 0.0613 e. The van der Waals surface area contributed by atoms with Crippen LogP contribution >= 0.6 is 0 Å². The third-order valence-corrected chi connectivity index (χ3v) is 4.90. The molecular weight excluding hydrogens is 276 g/mol. The van der Waals surface area contributed by atoms with Crippen molar-refractivity contribution in [3.63, 3.8) is 0 Å². The van der Waals surface area contributed by atoms with Crippen LogP contribution in [0.15, 0.2) is 30.3 Å². The predicted octanol–water partition coefficient (Wildman–Crippen LogP) is 7.03. The average molecular weight is 309 g/mol. The zero-order chi connectivity index (χ0) is 17.1. The van der Waals surface area contributed by atoms with Gasteiger partial charge in [0.05, 0.1) is 0 Å². The van der Waals surface area contributed by atoms with Crippen molar-refractivity contribution in [2.75, 3.05) is 0 Å². The number of hydrogen-bond donors (Lipinski definition) is 0. The van der Waals surface area contributed by atoms with Gasteiger partial charge in [-0.2, -0.15) is 0 Å². The van der Waals surface area contributed by atoms with Crippen molar-refractivity contribution in [1.29, 1.82) is 0 Å². The summed E-state index contributed by atoms with van der Waals surface area (Å²) in [6.07, 6.45) is 2.18. The second kappa shape index (κ2) is 7.34. The van der Waals surface area contributed by atoms with Gasteiger partial charge < -0.3 is 0 Å². The summed E-state index contributed by atoms with van der Waals surface area (Å²) < 4.78 is 0. The third kappa shape index (κ3) is 3.86. The number of benzene rings is 2. The van der Waals surface area contributed by atoms with Crippen LogP contribution in [0.25, 0.3) is 11.1 Å². The van der Waals surface area contributed by atoms with Crippen molar-refractivity contribution < 1.29 is 0 Å². The quantitative estimate of drug-likeness (QED) is 0.556. The van der Waals surface area contributed by atoms with E-state index < -0.39 is 0 Å². The second-order valence-electron chi connectivity index (χ2n) is 7.35. The topological polar surface area (TPSA) is 0 Å². The van der Waals surface area contributed by atoms with E-state index >= 15 is 0 Å². The number of hydrogen-bond acceptors (Lipinski definition) is 0. The molecule has 0 N–H and O–H groups in total. The van der Waals surface area contributed by atoms with E-state index in [-0.39, 0.29) is 0 Å². The Morgan fingerprint density at radius 3 is 2.00 bits per heavy atom. The van der Waals surface area contributed by atoms with E-state index in [2.05, 4.69) is 78.8 Å². The summed E-state index contributed by atoms with van der Waals surface area (Å²) in [7, 11) is 0. The van der Waals surface area contributed by atoms with Crippen LogP contribution < -0.4 is 0 Å². The van der Waals surface area contributed by atoms with Crippen molar-refractivity contribution in [3.8, 4) is 11.1 Å².